The quantitative estimate of drug-likeness (QED) is 0.535. The Hall–Kier alpha value is -3.94. The van der Waals surface area contributed by atoms with E-state index in [-0.39, 0.29) is 24.4 Å². The second-order valence-corrected chi connectivity index (χ2v) is 6.90. The number of fused-ring (bicyclic) bond motifs is 1. The van der Waals surface area contributed by atoms with Gasteiger partial charge in [-0.15, -0.1) is 0 Å². The van der Waals surface area contributed by atoms with E-state index in [4.69, 9.17) is 4.74 Å². The number of aryl methyl sites for hydroxylation is 2. The third kappa shape index (κ3) is 3.93. The van der Waals surface area contributed by atoms with E-state index >= 15 is 0 Å². The normalized spacial score (nSPS) is 10.9. The van der Waals surface area contributed by atoms with Crippen molar-refractivity contribution in [2.24, 2.45) is 0 Å². The third-order valence-corrected chi connectivity index (χ3v) is 4.79. The smallest absolute Gasteiger partial charge is 0.264 e. The van der Waals surface area contributed by atoms with Crippen molar-refractivity contribution in [2.45, 2.75) is 19.9 Å². The molecule has 2 aromatic carbocycles. The van der Waals surface area contributed by atoms with E-state index in [0.29, 0.717) is 22.5 Å². The molecule has 30 heavy (non-hydrogen) atoms. The molecular weight excluding hydrogens is 382 g/mol. The number of rotatable bonds is 6. The van der Waals surface area contributed by atoms with Gasteiger partial charge in [-0.3, -0.25) is 14.2 Å². The van der Waals surface area contributed by atoms with Crippen LogP contribution >= 0.6 is 0 Å². The van der Waals surface area contributed by atoms with Crippen molar-refractivity contribution in [2.75, 3.05) is 12.4 Å². The molecule has 4 aromatic rings. The predicted octanol–water partition coefficient (Wildman–Crippen LogP) is 2.93. The van der Waals surface area contributed by atoms with Crippen molar-refractivity contribution >= 4 is 22.6 Å². The fourth-order valence-corrected chi connectivity index (χ4v) is 3.10. The number of methoxy groups -OCH3 is 1. The first-order chi connectivity index (χ1) is 14.5. The molecule has 0 aliphatic carbocycles. The molecule has 0 unspecified atom stereocenters. The van der Waals surface area contributed by atoms with Gasteiger partial charge in [0, 0.05) is 18.7 Å². The first kappa shape index (κ1) is 19.4. The molecule has 0 radical (unpaired) electrons. The predicted molar refractivity (Wildman–Crippen MR) is 114 cm³/mol. The Balaban J connectivity index is 1.48. The average Bonchev–Trinajstić information content (AvgIpc) is 3.19. The lowest BCUT2D eigenvalue weighted by molar-refractivity contribution is -0.116. The number of hydrogen-bond acceptors (Lipinski definition) is 5. The van der Waals surface area contributed by atoms with E-state index < -0.39 is 0 Å². The monoisotopic (exact) mass is 403 g/mol. The summed E-state index contributed by atoms with van der Waals surface area (Å²) in [6.45, 7) is 2.23. The van der Waals surface area contributed by atoms with Crippen LogP contribution in [0, 0.1) is 6.92 Å². The van der Waals surface area contributed by atoms with E-state index in [1.54, 1.807) is 36.1 Å². The number of nitrogens with one attached hydrogen (secondary N) is 1. The molecule has 0 bridgehead atoms. The Kier molecular flexibility index (Phi) is 5.30. The Labute approximate surface area is 172 Å². The van der Waals surface area contributed by atoms with Crippen LogP contribution in [-0.4, -0.2) is 32.3 Å². The van der Waals surface area contributed by atoms with Crippen LogP contribution in [0.4, 0.5) is 5.69 Å². The van der Waals surface area contributed by atoms with Crippen LogP contribution in [0.15, 0.2) is 65.8 Å². The van der Waals surface area contributed by atoms with Crippen molar-refractivity contribution in [3.63, 3.8) is 0 Å². The van der Waals surface area contributed by atoms with E-state index in [9.17, 15) is 9.59 Å². The lowest BCUT2D eigenvalue weighted by atomic mass is 10.2. The van der Waals surface area contributed by atoms with Crippen LogP contribution in [0.3, 0.4) is 0 Å². The second kappa shape index (κ2) is 8.20. The Morgan fingerprint density at radius 1 is 1.10 bits per heavy atom. The molecule has 0 saturated heterocycles. The molecular formula is C22H21N5O3. The molecule has 0 saturated carbocycles. The standard InChI is InChI=1S/C22H21N5O3/c1-15-3-7-17(8-4-15)27-21-19(13-24-27)22(29)26(14-23-21)12-11-20(28)25-16-5-9-18(30-2)10-6-16/h3-10,13-14H,11-12H2,1-2H3,(H,25,28). The van der Waals surface area contributed by atoms with Gasteiger partial charge in [0.15, 0.2) is 5.65 Å². The van der Waals surface area contributed by atoms with Gasteiger partial charge in [0.25, 0.3) is 5.56 Å². The van der Waals surface area contributed by atoms with Crippen molar-refractivity contribution in [1.82, 2.24) is 19.3 Å². The summed E-state index contributed by atoms with van der Waals surface area (Å²) >= 11 is 0. The minimum absolute atomic E-state index is 0.144. The zero-order valence-electron chi connectivity index (χ0n) is 16.7. The maximum atomic E-state index is 12.8. The SMILES string of the molecule is COc1ccc(NC(=O)CCn2cnc3c(cnn3-c3ccc(C)cc3)c2=O)cc1. The number of anilines is 1. The Morgan fingerprint density at radius 3 is 2.53 bits per heavy atom. The number of benzene rings is 2. The van der Waals surface area contributed by atoms with Crippen LogP contribution in [0.2, 0.25) is 0 Å². The molecule has 0 atom stereocenters. The van der Waals surface area contributed by atoms with Gasteiger partial charge in [-0.05, 0) is 43.3 Å². The highest BCUT2D eigenvalue weighted by molar-refractivity contribution is 5.90. The topological polar surface area (TPSA) is 91.0 Å². The number of aromatic nitrogens is 4. The largest absolute Gasteiger partial charge is 0.497 e. The van der Waals surface area contributed by atoms with Gasteiger partial charge in [-0.1, -0.05) is 17.7 Å². The molecule has 8 heteroatoms. The number of carbonyl (C=O) groups excluding carboxylic acids is 1. The summed E-state index contributed by atoms with van der Waals surface area (Å²) in [6.07, 6.45) is 3.11. The first-order valence-corrected chi connectivity index (χ1v) is 9.49. The molecule has 8 nitrogen and oxygen atoms in total. The number of ether oxygens (including phenoxy) is 1. The van der Waals surface area contributed by atoms with Crippen LogP contribution in [0.5, 0.6) is 5.75 Å². The van der Waals surface area contributed by atoms with E-state index in [1.165, 1.54) is 17.1 Å². The molecule has 152 valence electrons. The van der Waals surface area contributed by atoms with Crippen LogP contribution in [-0.2, 0) is 11.3 Å². The molecule has 0 aliphatic rings. The van der Waals surface area contributed by atoms with Crippen molar-refractivity contribution in [3.8, 4) is 11.4 Å². The van der Waals surface area contributed by atoms with E-state index in [1.807, 2.05) is 31.2 Å². The number of hydrogen-bond donors (Lipinski definition) is 1. The highest BCUT2D eigenvalue weighted by Gasteiger charge is 2.12. The van der Waals surface area contributed by atoms with Crippen LogP contribution in [0.25, 0.3) is 16.7 Å². The summed E-state index contributed by atoms with van der Waals surface area (Å²) in [5.41, 5.74) is 2.90. The van der Waals surface area contributed by atoms with E-state index in [0.717, 1.165) is 11.3 Å². The zero-order valence-corrected chi connectivity index (χ0v) is 16.7. The van der Waals surface area contributed by atoms with Gasteiger partial charge in [-0.25, -0.2) is 9.67 Å². The summed E-state index contributed by atoms with van der Waals surface area (Å²) < 4.78 is 8.16. The summed E-state index contributed by atoms with van der Waals surface area (Å²) in [4.78, 5) is 29.4. The molecule has 1 amide bonds. The zero-order chi connectivity index (χ0) is 21.1. The van der Waals surface area contributed by atoms with Crippen molar-refractivity contribution < 1.29 is 9.53 Å². The van der Waals surface area contributed by atoms with Gasteiger partial charge >= 0.3 is 0 Å². The Morgan fingerprint density at radius 2 is 1.83 bits per heavy atom. The van der Waals surface area contributed by atoms with Crippen molar-refractivity contribution in [3.05, 3.63) is 77.0 Å². The number of nitrogens with zero attached hydrogens (tertiary/aromatic N) is 4. The molecule has 0 spiro atoms. The van der Waals surface area contributed by atoms with Gasteiger partial charge in [0.1, 0.15) is 11.1 Å². The second-order valence-electron chi connectivity index (χ2n) is 6.90. The fraction of sp³-hybridized carbons (Fsp3) is 0.182. The summed E-state index contributed by atoms with van der Waals surface area (Å²) in [5.74, 6) is 0.521. The van der Waals surface area contributed by atoms with Gasteiger partial charge in [0.05, 0.1) is 25.3 Å². The summed E-state index contributed by atoms with van der Waals surface area (Å²) in [6, 6.07) is 14.9. The van der Waals surface area contributed by atoms with Gasteiger partial charge < -0.3 is 10.1 Å². The van der Waals surface area contributed by atoms with Gasteiger partial charge in [-0.2, -0.15) is 5.10 Å². The fourth-order valence-electron chi connectivity index (χ4n) is 3.10. The van der Waals surface area contributed by atoms with Gasteiger partial charge in [0.2, 0.25) is 5.91 Å². The molecule has 1 N–H and O–H groups in total. The molecule has 2 heterocycles. The molecule has 0 fully saturated rings. The maximum Gasteiger partial charge on any atom is 0.264 e. The molecule has 4 rings (SSSR count). The lowest BCUT2D eigenvalue weighted by Gasteiger charge is -2.08. The average molecular weight is 403 g/mol. The maximum absolute atomic E-state index is 12.8. The minimum atomic E-state index is -0.226. The Bertz CT molecular complexity index is 1240. The molecule has 2 aromatic heterocycles. The summed E-state index contributed by atoms with van der Waals surface area (Å²) in [5, 5.41) is 7.53. The van der Waals surface area contributed by atoms with Crippen LogP contribution in [0.1, 0.15) is 12.0 Å². The highest BCUT2D eigenvalue weighted by atomic mass is 16.5. The van der Waals surface area contributed by atoms with Crippen molar-refractivity contribution in [1.29, 1.82) is 0 Å². The number of amides is 1. The summed E-state index contributed by atoms with van der Waals surface area (Å²) in [7, 11) is 1.58. The first-order valence-electron chi connectivity index (χ1n) is 9.49. The number of carbonyl (C=O) groups is 1. The van der Waals surface area contributed by atoms with Crippen LogP contribution < -0.4 is 15.6 Å². The third-order valence-electron chi connectivity index (χ3n) is 4.79. The minimum Gasteiger partial charge on any atom is -0.497 e. The highest BCUT2D eigenvalue weighted by Crippen LogP contribution is 2.16. The molecule has 0 aliphatic heterocycles. The lowest BCUT2D eigenvalue weighted by Crippen LogP contribution is -2.23. The van der Waals surface area contributed by atoms with E-state index in [2.05, 4.69) is 15.4 Å².